The molecule has 0 radical (unpaired) electrons. The third-order valence-electron chi connectivity index (χ3n) is 3.27. The number of ether oxygens (including phenoxy) is 2. The second-order valence-electron chi connectivity index (χ2n) is 5.38. The van der Waals surface area contributed by atoms with Crippen LogP contribution < -0.4 is 94.6 Å². The van der Waals surface area contributed by atoms with Crippen LogP contribution >= 0.6 is 20.0 Å². The third kappa shape index (κ3) is 11.1. The molecule has 1 amide bonds. The van der Waals surface area contributed by atoms with Crippen molar-refractivity contribution in [2.75, 3.05) is 12.4 Å². The van der Waals surface area contributed by atoms with Crippen molar-refractivity contribution in [3.8, 4) is 11.5 Å². The molecule has 16 heteroatoms. The first kappa shape index (κ1) is 30.8. The summed E-state index contributed by atoms with van der Waals surface area (Å²) in [7, 11) is -3.92. The molecule has 0 aliphatic rings. The van der Waals surface area contributed by atoms with E-state index in [0.29, 0.717) is 5.75 Å². The van der Waals surface area contributed by atoms with Gasteiger partial charge >= 0.3 is 65.2 Å². The largest absolute Gasteiger partial charge is 1.00 e. The van der Waals surface area contributed by atoms with Crippen LogP contribution in [0.25, 0.3) is 0 Å². The molecule has 0 spiro atoms. The van der Waals surface area contributed by atoms with Gasteiger partial charge in [-0.2, -0.15) is 5.10 Å². The summed E-state index contributed by atoms with van der Waals surface area (Å²) in [5.41, 5.74) is 8.26. The molecule has 32 heavy (non-hydrogen) atoms. The Hall–Kier alpha value is -1.25. The quantitative estimate of drug-likeness (QED) is 0.103. The molecule has 4 N–H and O–H groups in total. The van der Waals surface area contributed by atoms with Crippen LogP contribution in [0.2, 0.25) is 0 Å². The van der Waals surface area contributed by atoms with Crippen molar-refractivity contribution in [2.24, 2.45) is 10.8 Å². The summed E-state index contributed by atoms with van der Waals surface area (Å²) in [6.07, 6.45) is 1.87. The van der Waals surface area contributed by atoms with Gasteiger partial charge < -0.3 is 34.1 Å². The first-order valence-electron chi connectivity index (χ1n) is 8.04. The zero-order valence-corrected chi connectivity index (χ0v) is 23.1. The van der Waals surface area contributed by atoms with E-state index < -0.39 is 20.5 Å². The number of phosphoric acid groups is 1. The normalized spacial score (nSPS) is 10.3. The predicted molar refractivity (Wildman–Crippen MR) is 107 cm³/mol. The second-order valence-corrected chi connectivity index (χ2v) is 6.90. The molecular weight excluding hydrogens is 483 g/mol. The maximum atomic E-state index is 12.2. The minimum Gasteiger partial charge on any atom is -0.780 e. The summed E-state index contributed by atoms with van der Waals surface area (Å²) in [5, 5.41) is 6.17. The minimum absolute atomic E-state index is 0. The van der Waals surface area contributed by atoms with Crippen LogP contribution in [0.15, 0.2) is 41.6 Å². The maximum absolute atomic E-state index is 12.2. The van der Waals surface area contributed by atoms with E-state index in [9.17, 15) is 19.1 Å². The number of rotatable bonds is 8. The number of aromatic nitrogens is 1. The Balaban J connectivity index is 0.00000480. The Bertz CT molecular complexity index is 1010. The molecule has 160 valence electrons. The maximum Gasteiger partial charge on any atom is 1.00 e. The Morgan fingerprint density at radius 2 is 2.06 bits per heavy atom. The Kier molecular flexibility index (Phi) is 14.2. The van der Waals surface area contributed by atoms with E-state index in [1.54, 1.807) is 12.1 Å². The molecule has 1 heterocycles. The molecule has 0 saturated carbocycles. The topological polar surface area (TPSA) is 183 Å². The first-order valence-corrected chi connectivity index (χ1v) is 9.90. The molecule has 0 atom stereocenters. The van der Waals surface area contributed by atoms with E-state index in [0.717, 1.165) is 0 Å². The summed E-state index contributed by atoms with van der Waals surface area (Å²) in [4.78, 5) is 38.0. The SMILES string of the molecule is COc1ccc(OP(=O)([O-])[O-])c(COC(=O)Nc2cccnc2C=NNC(N)=S)c1.[Na+].[Na+]. The Labute approximate surface area is 233 Å². The average molecular weight is 499 g/mol. The molecule has 0 saturated heterocycles. The van der Waals surface area contributed by atoms with Crippen molar-refractivity contribution in [3.63, 3.8) is 0 Å². The summed E-state index contributed by atoms with van der Waals surface area (Å²) < 4.78 is 25.4. The number of anilines is 1. The van der Waals surface area contributed by atoms with Gasteiger partial charge in [-0.15, -0.1) is 0 Å². The zero-order valence-electron chi connectivity index (χ0n) is 17.4. The number of thiocarbonyl (C=S) groups is 1. The van der Waals surface area contributed by atoms with Gasteiger partial charge in [-0.25, -0.2) is 4.79 Å². The molecule has 1 aromatic carbocycles. The number of hydrogen-bond acceptors (Lipinski definition) is 10. The third-order valence-corrected chi connectivity index (χ3v) is 3.79. The molecule has 2 rings (SSSR count). The van der Waals surface area contributed by atoms with E-state index in [1.807, 2.05) is 0 Å². The Morgan fingerprint density at radius 1 is 1.34 bits per heavy atom. The molecule has 2 aromatic rings. The number of nitrogens with zero attached hydrogens (tertiary/aromatic N) is 2. The second kappa shape index (κ2) is 14.8. The predicted octanol–water partition coefficient (Wildman–Crippen LogP) is -5.78. The van der Waals surface area contributed by atoms with Gasteiger partial charge in [-0.05, 0) is 42.5 Å². The van der Waals surface area contributed by atoms with Crippen LogP contribution in [0.4, 0.5) is 10.5 Å². The number of hydrogen-bond donors (Lipinski definition) is 3. The summed E-state index contributed by atoms with van der Waals surface area (Å²) >= 11 is 4.62. The monoisotopic (exact) mass is 499 g/mol. The van der Waals surface area contributed by atoms with Gasteiger partial charge in [0.15, 0.2) is 5.11 Å². The fourth-order valence-corrected chi connectivity index (χ4v) is 2.55. The number of benzene rings is 1. The van der Waals surface area contributed by atoms with Crippen molar-refractivity contribution in [1.29, 1.82) is 0 Å². The number of nitrogens with two attached hydrogens (primary N) is 1. The van der Waals surface area contributed by atoms with Crippen molar-refractivity contribution < 1.29 is 92.3 Å². The molecular formula is C16H16N5Na2O7PS. The number of hydrazone groups is 1. The molecule has 12 nitrogen and oxygen atoms in total. The molecule has 0 bridgehead atoms. The van der Waals surface area contributed by atoms with E-state index in [4.69, 9.17) is 15.2 Å². The molecule has 0 unspecified atom stereocenters. The number of carbonyl (C=O) groups excluding carboxylic acids is 1. The molecule has 0 aliphatic carbocycles. The van der Waals surface area contributed by atoms with Gasteiger partial charge in [0.1, 0.15) is 31.6 Å². The number of pyridine rings is 1. The smallest absolute Gasteiger partial charge is 0.780 e. The van der Waals surface area contributed by atoms with Crippen molar-refractivity contribution in [3.05, 3.63) is 47.8 Å². The van der Waals surface area contributed by atoms with E-state index in [2.05, 4.69) is 37.6 Å². The molecule has 0 fully saturated rings. The van der Waals surface area contributed by atoms with Crippen LogP contribution in [-0.4, -0.2) is 29.5 Å². The van der Waals surface area contributed by atoms with Crippen LogP contribution in [0, 0.1) is 0 Å². The zero-order chi connectivity index (χ0) is 22.1. The van der Waals surface area contributed by atoms with Crippen LogP contribution in [0.1, 0.15) is 11.3 Å². The average Bonchev–Trinajstić information content (AvgIpc) is 2.67. The number of amides is 1. The van der Waals surface area contributed by atoms with Gasteiger partial charge in [0.25, 0.3) is 0 Å². The Morgan fingerprint density at radius 3 is 2.69 bits per heavy atom. The summed E-state index contributed by atoms with van der Waals surface area (Å²) in [5.74, 6) is 0.0547. The number of nitrogens with one attached hydrogen (secondary N) is 2. The van der Waals surface area contributed by atoms with Crippen molar-refractivity contribution in [2.45, 2.75) is 6.61 Å². The van der Waals surface area contributed by atoms with E-state index in [1.165, 1.54) is 37.7 Å². The van der Waals surface area contributed by atoms with Crippen molar-refractivity contribution in [1.82, 2.24) is 10.4 Å². The first-order chi connectivity index (χ1) is 14.2. The number of carbonyl (C=O) groups is 1. The van der Waals surface area contributed by atoms with Crippen LogP contribution in [0.3, 0.4) is 0 Å². The standard InChI is InChI=1S/C16H18N5O7PS.2Na/c1-26-11-4-5-14(28-29(23,24)25)10(7-11)9-27-16(22)20-12-3-2-6-18-13(12)8-19-21-15(17)30;;/h2-8H,9H2,1H3,(H,20,22)(H3,17,21,30)(H2,23,24,25);;/q;2*+1/p-2. The van der Waals surface area contributed by atoms with Gasteiger partial charge in [-0.3, -0.25) is 15.7 Å². The van der Waals surface area contributed by atoms with Gasteiger partial charge in [0.2, 0.25) is 0 Å². The van der Waals surface area contributed by atoms with Gasteiger partial charge in [-0.1, -0.05) is 0 Å². The van der Waals surface area contributed by atoms with E-state index >= 15 is 0 Å². The van der Waals surface area contributed by atoms with Crippen LogP contribution in [0.5, 0.6) is 11.5 Å². The molecule has 1 aromatic heterocycles. The van der Waals surface area contributed by atoms with Gasteiger partial charge in [0.05, 0.1) is 19.0 Å². The van der Waals surface area contributed by atoms with Crippen molar-refractivity contribution >= 4 is 43.1 Å². The summed E-state index contributed by atoms with van der Waals surface area (Å²) in [6, 6.07) is 7.07. The number of methoxy groups -OCH3 is 1. The molecule has 0 aliphatic heterocycles. The fourth-order valence-electron chi connectivity index (χ4n) is 2.08. The van der Waals surface area contributed by atoms with Gasteiger partial charge in [0, 0.05) is 11.8 Å². The minimum atomic E-state index is -5.31. The van der Waals surface area contributed by atoms with Crippen LogP contribution in [-0.2, 0) is 15.9 Å². The van der Waals surface area contributed by atoms with E-state index in [-0.39, 0.29) is 86.9 Å². The summed E-state index contributed by atoms with van der Waals surface area (Å²) in [6.45, 7) is -0.412. The fraction of sp³-hybridized carbons (Fsp3) is 0.125. The number of phosphoric ester groups is 1.